The van der Waals surface area contributed by atoms with Gasteiger partial charge in [-0.1, -0.05) is 48.6 Å². The van der Waals surface area contributed by atoms with Gasteiger partial charge in [-0.2, -0.15) is 13.2 Å². The van der Waals surface area contributed by atoms with Gasteiger partial charge in [0.05, 0.1) is 12.2 Å². The van der Waals surface area contributed by atoms with Gasteiger partial charge in [-0.05, 0) is 17.7 Å². The van der Waals surface area contributed by atoms with E-state index in [1.54, 1.807) is 36.5 Å². The number of hydrogen-bond acceptors (Lipinski definition) is 1. The summed E-state index contributed by atoms with van der Waals surface area (Å²) in [5, 5.41) is 8.46. The van der Waals surface area contributed by atoms with Crippen LogP contribution in [0.4, 0.5) is 13.2 Å². The summed E-state index contributed by atoms with van der Waals surface area (Å²) in [6.07, 6.45) is 5.81. The van der Waals surface area contributed by atoms with E-state index in [-0.39, 0.29) is 6.61 Å². The lowest BCUT2D eigenvalue weighted by molar-refractivity contribution is -0.137. The number of aliphatic hydroxyl groups excluding tert-OH is 1. The van der Waals surface area contributed by atoms with Gasteiger partial charge in [0.2, 0.25) is 0 Å². The Kier molecular flexibility index (Phi) is 5.39. The van der Waals surface area contributed by atoms with Crippen molar-refractivity contribution in [1.29, 1.82) is 0 Å². The Hall–Kier alpha value is -1.81. The van der Waals surface area contributed by atoms with Crippen LogP contribution in [-0.2, 0) is 6.18 Å². The van der Waals surface area contributed by atoms with Crippen molar-refractivity contribution in [3.63, 3.8) is 0 Å². The fourth-order valence-corrected chi connectivity index (χ4v) is 1.22. The first kappa shape index (κ1) is 14.3. The largest absolute Gasteiger partial charge is 0.416 e. The number of alkyl halides is 3. The Bertz CT molecular complexity index is 439. The highest BCUT2D eigenvalue weighted by molar-refractivity contribution is 5.51. The predicted octanol–water partition coefficient (Wildman–Crippen LogP) is 3.82. The van der Waals surface area contributed by atoms with Gasteiger partial charge in [-0.25, -0.2) is 0 Å². The molecule has 1 N–H and O–H groups in total. The van der Waals surface area contributed by atoms with E-state index in [1.807, 2.05) is 0 Å². The van der Waals surface area contributed by atoms with Crippen LogP contribution in [0.3, 0.4) is 0 Å². The Morgan fingerprint density at radius 3 is 2.11 bits per heavy atom. The molecule has 0 radical (unpaired) electrons. The molecule has 96 valence electrons. The number of aliphatic hydroxyl groups is 1. The van der Waals surface area contributed by atoms with Crippen molar-refractivity contribution >= 4 is 6.08 Å². The predicted molar refractivity (Wildman–Crippen MR) is 65.8 cm³/mol. The molecule has 0 fully saturated rings. The summed E-state index contributed by atoms with van der Waals surface area (Å²) in [6, 6.07) is 4.93. The molecule has 1 nitrogen and oxygen atoms in total. The molecule has 0 saturated heterocycles. The Balaban J connectivity index is 2.61. The van der Waals surface area contributed by atoms with Crippen molar-refractivity contribution in [1.82, 2.24) is 0 Å². The van der Waals surface area contributed by atoms with Crippen LogP contribution in [0.1, 0.15) is 11.1 Å². The second-order valence-corrected chi connectivity index (χ2v) is 3.47. The lowest BCUT2D eigenvalue weighted by atomic mass is 10.1. The number of halogens is 3. The first-order chi connectivity index (χ1) is 8.54. The lowest BCUT2D eigenvalue weighted by Crippen LogP contribution is -2.03. The molecule has 1 aromatic carbocycles. The number of rotatable bonds is 4. The second-order valence-electron chi connectivity index (χ2n) is 3.47. The Morgan fingerprint density at radius 1 is 0.944 bits per heavy atom. The number of allylic oxidation sites excluding steroid dienone is 4. The zero-order valence-corrected chi connectivity index (χ0v) is 9.56. The fraction of sp³-hybridized carbons (Fsp3) is 0.143. The maximum atomic E-state index is 12.3. The molecule has 0 aromatic heterocycles. The van der Waals surface area contributed by atoms with E-state index in [9.17, 15) is 13.2 Å². The maximum absolute atomic E-state index is 12.3. The molecule has 0 unspecified atom stereocenters. The molecule has 0 atom stereocenters. The molecular formula is C14H13F3O. The van der Waals surface area contributed by atoms with Crippen LogP contribution in [0, 0.1) is 0 Å². The molecule has 18 heavy (non-hydrogen) atoms. The average molecular weight is 254 g/mol. The zero-order chi connectivity index (χ0) is 13.4. The van der Waals surface area contributed by atoms with Gasteiger partial charge in [0.1, 0.15) is 0 Å². The van der Waals surface area contributed by atoms with Crippen LogP contribution in [0.25, 0.3) is 6.08 Å². The van der Waals surface area contributed by atoms with Crippen LogP contribution in [-0.4, -0.2) is 11.7 Å². The highest BCUT2D eigenvalue weighted by Gasteiger charge is 2.29. The van der Waals surface area contributed by atoms with Gasteiger partial charge in [-0.15, -0.1) is 0 Å². The molecule has 1 rings (SSSR count). The van der Waals surface area contributed by atoms with E-state index in [2.05, 4.69) is 0 Å². The van der Waals surface area contributed by atoms with Crippen LogP contribution in [0.15, 0.2) is 54.6 Å². The summed E-state index contributed by atoms with van der Waals surface area (Å²) in [7, 11) is 0. The molecule has 4 heteroatoms. The van der Waals surface area contributed by atoms with E-state index < -0.39 is 11.7 Å². The molecule has 0 spiro atoms. The monoisotopic (exact) mass is 254 g/mol. The van der Waals surface area contributed by atoms with Crippen molar-refractivity contribution < 1.29 is 18.3 Å². The van der Waals surface area contributed by atoms with Crippen molar-refractivity contribution in [2.45, 2.75) is 6.18 Å². The topological polar surface area (TPSA) is 20.2 Å². The van der Waals surface area contributed by atoms with Crippen LogP contribution < -0.4 is 0 Å². The Morgan fingerprint density at radius 2 is 1.56 bits per heavy atom. The molecule has 1 aromatic rings. The van der Waals surface area contributed by atoms with Gasteiger partial charge in [0.15, 0.2) is 0 Å². The summed E-state index contributed by atoms with van der Waals surface area (Å²) in [5.74, 6) is 0. The summed E-state index contributed by atoms with van der Waals surface area (Å²) in [5.41, 5.74) is 0.0415. The minimum Gasteiger partial charge on any atom is -0.392 e. The summed E-state index contributed by atoms with van der Waals surface area (Å²) >= 11 is 0. The summed E-state index contributed by atoms with van der Waals surface area (Å²) < 4.78 is 36.9. The first-order valence-corrected chi connectivity index (χ1v) is 5.32. The molecular weight excluding hydrogens is 241 g/mol. The first-order valence-electron chi connectivity index (χ1n) is 5.32. The van der Waals surface area contributed by atoms with Gasteiger partial charge in [0.25, 0.3) is 0 Å². The van der Waals surface area contributed by atoms with Gasteiger partial charge in [0, 0.05) is 0 Å². The molecule has 0 bridgehead atoms. The minimum atomic E-state index is -4.29. The van der Waals surface area contributed by atoms with E-state index >= 15 is 0 Å². The normalized spacial score (nSPS) is 13.1. The van der Waals surface area contributed by atoms with Gasteiger partial charge >= 0.3 is 6.18 Å². The van der Waals surface area contributed by atoms with Crippen molar-refractivity contribution in [3.8, 4) is 0 Å². The fourth-order valence-electron chi connectivity index (χ4n) is 1.22. The van der Waals surface area contributed by atoms with Crippen LogP contribution >= 0.6 is 0 Å². The third-order valence-corrected chi connectivity index (χ3v) is 2.10. The molecule has 0 amide bonds. The number of hydrogen-bond donors (Lipinski definition) is 1. The third-order valence-electron chi connectivity index (χ3n) is 2.10. The van der Waals surface area contributed by atoms with Crippen LogP contribution in [0.5, 0.6) is 0 Å². The summed E-state index contributed by atoms with van der Waals surface area (Å²) in [6.45, 7) is -0.0209. The van der Waals surface area contributed by atoms with Gasteiger partial charge in [-0.3, -0.25) is 0 Å². The highest BCUT2D eigenvalue weighted by Crippen LogP contribution is 2.29. The van der Waals surface area contributed by atoms with Crippen molar-refractivity contribution in [3.05, 3.63) is 65.8 Å². The summed E-state index contributed by atoms with van der Waals surface area (Å²) in [4.78, 5) is 0. The van der Waals surface area contributed by atoms with E-state index in [1.165, 1.54) is 12.1 Å². The minimum absolute atomic E-state index is 0.0209. The molecule has 0 saturated carbocycles. The van der Waals surface area contributed by atoms with E-state index in [0.29, 0.717) is 5.56 Å². The second kappa shape index (κ2) is 6.81. The number of benzene rings is 1. The Labute approximate surface area is 104 Å². The molecule has 0 aliphatic carbocycles. The van der Waals surface area contributed by atoms with Gasteiger partial charge < -0.3 is 5.11 Å². The molecule has 0 aliphatic heterocycles. The van der Waals surface area contributed by atoms with E-state index in [0.717, 1.165) is 12.1 Å². The van der Waals surface area contributed by atoms with Crippen LogP contribution in [0.2, 0.25) is 0 Å². The smallest absolute Gasteiger partial charge is 0.392 e. The van der Waals surface area contributed by atoms with Crippen molar-refractivity contribution in [2.75, 3.05) is 6.61 Å². The average Bonchev–Trinajstić information content (AvgIpc) is 2.33. The molecule has 0 heterocycles. The van der Waals surface area contributed by atoms with E-state index in [4.69, 9.17) is 5.11 Å². The SMILES string of the molecule is OC/C=C/C=C/C=C/c1ccc(C(F)(F)F)cc1. The lowest BCUT2D eigenvalue weighted by Gasteiger charge is -2.05. The molecule has 0 aliphatic rings. The third kappa shape index (κ3) is 5.01. The zero-order valence-electron chi connectivity index (χ0n) is 9.56. The standard InChI is InChI=1S/C14H13F3O/c15-14(16,17)13-9-7-12(8-10-13)6-4-2-1-3-5-11-18/h1-10,18H,11H2/b2-1+,5-3+,6-4+. The quantitative estimate of drug-likeness (QED) is 0.810. The van der Waals surface area contributed by atoms with Crippen molar-refractivity contribution in [2.24, 2.45) is 0 Å². The highest BCUT2D eigenvalue weighted by atomic mass is 19.4. The maximum Gasteiger partial charge on any atom is 0.416 e.